The average Bonchev–Trinajstić information content (AvgIpc) is 2.70. The van der Waals surface area contributed by atoms with Gasteiger partial charge >= 0.3 is 5.97 Å². The molecule has 28 heavy (non-hydrogen) atoms. The Morgan fingerprint density at radius 2 is 1.61 bits per heavy atom. The zero-order chi connectivity index (χ0) is 20.1. The first-order valence-electron chi connectivity index (χ1n) is 8.75. The first-order valence-corrected chi connectivity index (χ1v) is 8.75. The highest BCUT2D eigenvalue weighted by Gasteiger charge is 2.15. The maximum Gasteiger partial charge on any atom is 0.320 e. The van der Waals surface area contributed by atoms with E-state index in [0.717, 1.165) is 17.2 Å². The summed E-state index contributed by atoms with van der Waals surface area (Å²) in [6.07, 6.45) is 1.59. The fourth-order valence-electron chi connectivity index (χ4n) is 2.91. The molecule has 0 aliphatic carbocycles. The molecule has 0 radical (unpaired) electrons. The molecule has 0 aliphatic rings. The lowest BCUT2D eigenvalue weighted by molar-refractivity contribution is -0.138. The number of benzene rings is 3. The van der Waals surface area contributed by atoms with Gasteiger partial charge in [0.25, 0.3) is 0 Å². The van der Waals surface area contributed by atoms with E-state index < -0.39 is 23.6 Å². The lowest BCUT2D eigenvalue weighted by Gasteiger charge is -2.12. The molecule has 1 atom stereocenters. The quantitative estimate of drug-likeness (QED) is 0.643. The summed E-state index contributed by atoms with van der Waals surface area (Å²) in [6.45, 7) is 0. The Bertz CT molecular complexity index is 999. The second kappa shape index (κ2) is 8.59. The van der Waals surface area contributed by atoms with Crippen LogP contribution in [0, 0.1) is 11.6 Å². The minimum Gasteiger partial charge on any atom is -0.480 e. The Kier molecular flexibility index (Phi) is 5.96. The van der Waals surface area contributed by atoms with Crippen molar-refractivity contribution in [3.63, 3.8) is 0 Å². The van der Waals surface area contributed by atoms with Gasteiger partial charge in [-0.1, -0.05) is 60.7 Å². The van der Waals surface area contributed by atoms with Crippen molar-refractivity contribution in [3.8, 4) is 11.1 Å². The summed E-state index contributed by atoms with van der Waals surface area (Å²) in [5.74, 6) is -2.54. The zero-order valence-corrected chi connectivity index (χ0v) is 15.0. The molecule has 0 aliphatic heterocycles. The van der Waals surface area contributed by atoms with Crippen LogP contribution in [0.4, 0.5) is 8.78 Å². The zero-order valence-electron chi connectivity index (χ0n) is 15.0. The van der Waals surface area contributed by atoms with Crippen molar-refractivity contribution in [1.82, 2.24) is 0 Å². The largest absolute Gasteiger partial charge is 0.480 e. The van der Waals surface area contributed by atoms with Crippen LogP contribution in [-0.4, -0.2) is 17.1 Å². The van der Waals surface area contributed by atoms with Gasteiger partial charge < -0.3 is 10.8 Å². The Morgan fingerprint density at radius 1 is 0.964 bits per heavy atom. The number of carboxylic acids is 1. The molecule has 3 aromatic rings. The molecular weight excluding hydrogens is 360 g/mol. The molecule has 3 aromatic carbocycles. The smallest absolute Gasteiger partial charge is 0.320 e. The molecule has 0 aromatic heterocycles. The SMILES string of the molecule is NC(C/C=C(\c1ccc(-c2ccccc2)cc1)c1ccc(F)cc1F)C(=O)O. The predicted octanol–water partition coefficient (Wildman–Crippen LogP) is 4.87. The van der Waals surface area contributed by atoms with Crippen molar-refractivity contribution in [2.45, 2.75) is 12.5 Å². The predicted molar refractivity (Wildman–Crippen MR) is 106 cm³/mol. The molecule has 0 bridgehead atoms. The summed E-state index contributed by atoms with van der Waals surface area (Å²) in [4.78, 5) is 11.0. The number of carbonyl (C=O) groups is 1. The Balaban J connectivity index is 2.01. The van der Waals surface area contributed by atoms with Gasteiger partial charge in [0.05, 0.1) is 0 Å². The number of carboxylic acid groups (broad SMARTS) is 1. The van der Waals surface area contributed by atoms with E-state index in [2.05, 4.69) is 0 Å². The van der Waals surface area contributed by atoms with Gasteiger partial charge in [-0.2, -0.15) is 0 Å². The number of nitrogens with two attached hydrogens (primary N) is 1. The minimum atomic E-state index is -1.14. The average molecular weight is 379 g/mol. The van der Waals surface area contributed by atoms with Crippen molar-refractivity contribution in [2.24, 2.45) is 5.73 Å². The van der Waals surface area contributed by atoms with Crippen LogP contribution in [0.3, 0.4) is 0 Å². The van der Waals surface area contributed by atoms with Gasteiger partial charge in [0, 0.05) is 11.6 Å². The monoisotopic (exact) mass is 379 g/mol. The standard InChI is InChI=1S/C23H19F2NO2/c24-18-10-11-20(21(25)14-18)19(12-13-22(26)23(27)28)17-8-6-16(7-9-17)15-4-2-1-3-5-15/h1-12,14,22H,13,26H2,(H,27,28)/b19-12+. The van der Waals surface area contributed by atoms with E-state index >= 15 is 0 Å². The van der Waals surface area contributed by atoms with Gasteiger partial charge in [0.2, 0.25) is 0 Å². The van der Waals surface area contributed by atoms with Crippen LogP contribution in [0.5, 0.6) is 0 Å². The lowest BCUT2D eigenvalue weighted by atomic mass is 9.93. The van der Waals surface area contributed by atoms with Gasteiger partial charge in [-0.15, -0.1) is 0 Å². The summed E-state index contributed by atoms with van der Waals surface area (Å²) >= 11 is 0. The highest BCUT2D eigenvalue weighted by Crippen LogP contribution is 2.29. The van der Waals surface area contributed by atoms with E-state index in [1.807, 2.05) is 54.6 Å². The van der Waals surface area contributed by atoms with Crippen LogP contribution in [0.15, 0.2) is 78.9 Å². The summed E-state index contributed by atoms with van der Waals surface area (Å²) in [5, 5.41) is 9.01. The van der Waals surface area contributed by atoms with Crippen LogP contribution in [-0.2, 0) is 4.79 Å². The van der Waals surface area contributed by atoms with Gasteiger partial charge in [-0.25, -0.2) is 8.78 Å². The molecule has 3 nitrogen and oxygen atoms in total. The number of aliphatic carboxylic acids is 1. The fourth-order valence-corrected chi connectivity index (χ4v) is 2.91. The van der Waals surface area contributed by atoms with E-state index in [4.69, 9.17) is 10.8 Å². The van der Waals surface area contributed by atoms with Crippen LogP contribution in [0.25, 0.3) is 16.7 Å². The van der Waals surface area contributed by atoms with E-state index in [9.17, 15) is 13.6 Å². The third-order valence-corrected chi connectivity index (χ3v) is 4.42. The van der Waals surface area contributed by atoms with Gasteiger partial charge in [0.15, 0.2) is 0 Å². The third kappa shape index (κ3) is 4.50. The summed E-state index contributed by atoms with van der Waals surface area (Å²) in [7, 11) is 0. The number of hydrogen-bond donors (Lipinski definition) is 2. The van der Waals surface area contributed by atoms with Gasteiger partial charge in [-0.3, -0.25) is 4.79 Å². The summed E-state index contributed by atoms with van der Waals surface area (Å²) in [5.41, 5.74) is 8.95. The molecule has 0 saturated carbocycles. The first-order chi connectivity index (χ1) is 13.5. The highest BCUT2D eigenvalue weighted by molar-refractivity contribution is 5.82. The van der Waals surface area contributed by atoms with Gasteiger partial charge in [-0.05, 0) is 40.8 Å². The summed E-state index contributed by atoms with van der Waals surface area (Å²) in [6, 6.07) is 19.4. The fraction of sp³-hybridized carbons (Fsp3) is 0.0870. The molecule has 0 spiro atoms. The lowest BCUT2D eigenvalue weighted by Crippen LogP contribution is -2.29. The summed E-state index contributed by atoms with van der Waals surface area (Å²) < 4.78 is 27.7. The van der Waals surface area contributed by atoms with Crippen molar-refractivity contribution in [2.75, 3.05) is 0 Å². The van der Waals surface area contributed by atoms with Crippen molar-refractivity contribution >= 4 is 11.5 Å². The maximum absolute atomic E-state index is 14.4. The molecule has 3 rings (SSSR count). The van der Waals surface area contributed by atoms with Crippen LogP contribution in [0.1, 0.15) is 17.5 Å². The molecule has 142 valence electrons. The minimum absolute atomic E-state index is 0.0158. The first kappa shape index (κ1) is 19.5. The van der Waals surface area contributed by atoms with Gasteiger partial charge in [0.1, 0.15) is 17.7 Å². The van der Waals surface area contributed by atoms with Crippen LogP contribution >= 0.6 is 0 Å². The normalized spacial score (nSPS) is 12.6. The van der Waals surface area contributed by atoms with Crippen molar-refractivity contribution in [1.29, 1.82) is 0 Å². The number of hydrogen-bond acceptors (Lipinski definition) is 2. The van der Waals surface area contributed by atoms with E-state index in [1.165, 1.54) is 12.1 Å². The molecule has 1 unspecified atom stereocenters. The topological polar surface area (TPSA) is 63.3 Å². The second-order valence-corrected chi connectivity index (χ2v) is 6.37. The van der Waals surface area contributed by atoms with E-state index in [1.54, 1.807) is 6.08 Å². The molecule has 0 fully saturated rings. The molecule has 0 saturated heterocycles. The maximum atomic E-state index is 14.4. The highest BCUT2D eigenvalue weighted by atomic mass is 19.1. The van der Waals surface area contributed by atoms with Crippen molar-refractivity contribution < 1.29 is 18.7 Å². The molecule has 0 heterocycles. The molecule has 3 N–H and O–H groups in total. The molecule has 0 amide bonds. The van der Waals surface area contributed by atoms with Crippen LogP contribution < -0.4 is 5.73 Å². The number of halogens is 2. The van der Waals surface area contributed by atoms with Crippen molar-refractivity contribution in [3.05, 3.63) is 102 Å². The Morgan fingerprint density at radius 3 is 2.21 bits per heavy atom. The van der Waals surface area contributed by atoms with E-state index in [0.29, 0.717) is 11.1 Å². The Labute approximate surface area is 161 Å². The third-order valence-electron chi connectivity index (χ3n) is 4.42. The van der Waals surface area contributed by atoms with Crippen LogP contribution in [0.2, 0.25) is 0 Å². The Hall–Kier alpha value is -3.31. The number of rotatable bonds is 6. The molecular formula is C23H19F2NO2. The second-order valence-electron chi connectivity index (χ2n) is 6.37. The van der Waals surface area contributed by atoms with E-state index in [-0.39, 0.29) is 12.0 Å². The molecule has 5 heteroatoms.